The highest BCUT2D eigenvalue weighted by atomic mass is 32.1. The number of thiazole rings is 1. The van der Waals surface area contributed by atoms with E-state index in [2.05, 4.69) is 15.0 Å². The lowest BCUT2D eigenvalue weighted by Crippen LogP contribution is -2.36. The van der Waals surface area contributed by atoms with Crippen LogP contribution in [0, 0.1) is 6.92 Å². The van der Waals surface area contributed by atoms with Gasteiger partial charge in [0.2, 0.25) is 6.23 Å². The number of morpholine rings is 1. The Hall–Kier alpha value is -4.03. The second-order valence-electron chi connectivity index (χ2n) is 8.63. The van der Waals surface area contributed by atoms with E-state index in [0.29, 0.717) is 30.2 Å². The van der Waals surface area contributed by atoms with E-state index in [1.165, 1.54) is 6.26 Å². The molecule has 0 spiro atoms. The molecule has 4 aromatic heterocycles. The summed E-state index contributed by atoms with van der Waals surface area (Å²) in [6, 6.07) is 5.79. The first-order valence-corrected chi connectivity index (χ1v) is 12.3. The molecule has 11 nitrogen and oxygen atoms in total. The van der Waals surface area contributed by atoms with Crippen LogP contribution in [0.1, 0.15) is 17.5 Å². The Kier molecular flexibility index (Phi) is 5.53. The van der Waals surface area contributed by atoms with Crippen molar-refractivity contribution >= 4 is 38.4 Å². The monoisotopic (exact) mass is 504 g/mol. The van der Waals surface area contributed by atoms with Crippen LogP contribution < -0.4 is 15.5 Å². The molecule has 2 aliphatic rings. The average Bonchev–Trinajstić information content (AvgIpc) is 3.61. The molecule has 1 saturated heterocycles. The summed E-state index contributed by atoms with van der Waals surface area (Å²) >= 11 is 1.56. The van der Waals surface area contributed by atoms with Crippen molar-refractivity contribution in [3.63, 3.8) is 0 Å². The zero-order valence-electron chi connectivity index (χ0n) is 19.8. The quantitative estimate of drug-likeness (QED) is 0.436. The maximum Gasteiger partial charge on any atom is 0.268 e. The maximum absolute atomic E-state index is 12.5. The molecule has 0 saturated carbocycles. The van der Waals surface area contributed by atoms with Gasteiger partial charge in [-0.3, -0.25) is 19.4 Å². The fraction of sp³-hybridized carbons (Fsp3) is 0.292. The molecule has 1 amide bonds. The summed E-state index contributed by atoms with van der Waals surface area (Å²) in [6.07, 6.45) is 6.13. The van der Waals surface area contributed by atoms with Gasteiger partial charge in [-0.05, 0) is 25.1 Å². The zero-order valence-corrected chi connectivity index (χ0v) is 20.6. The van der Waals surface area contributed by atoms with Gasteiger partial charge in [0.05, 0.1) is 35.5 Å². The molecule has 4 aromatic rings. The average molecular weight is 505 g/mol. The molecular formula is C24H24N8O3S. The molecule has 0 aliphatic carbocycles. The number of carbonyl (C=O) groups is 1. The Balaban J connectivity index is 1.53. The van der Waals surface area contributed by atoms with Gasteiger partial charge >= 0.3 is 0 Å². The minimum atomic E-state index is -0.615. The number of fused-ring (bicyclic) bond motifs is 1. The zero-order chi connectivity index (χ0) is 24.8. The highest BCUT2D eigenvalue weighted by Gasteiger charge is 2.36. The van der Waals surface area contributed by atoms with Crippen LogP contribution in [0.15, 0.2) is 48.7 Å². The standard InChI is InChI=1S/C24H24N8O3S/c1-14-9-15(3-4-26-14)23-32(18(13-35-23)21(25)33)17-10-19-22(28-20(17)16-11-27-30(2)12-16)29-24(36-19)31-5-7-34-8-6-31/h3-4,9-13,23H,5-8H2,1-2H3,(H2,25,33). The number of hydrogen-bond donors (Lipinski definition) is 1. The first kappa shape index (κ1) is 22.4. The smallest absolute Gasteiger partial charge is 0.268 e. The number of primary amides is 1. The van der Waals surface area contributed by atoms with E-state index in [9.17, 15) is 4.79 Å². The maximum atomic E-state index is 12.5. The number of nitrogens with zero attached hydrogens (tertiary/aromatic N) is 7. The number of aryl methyl sites for hydroxylation is 2. The summed E-state index contributed by atoms with van der Waals surface area (Å²) in [4.78, 5) is 30.6. The number of anilines is 2. The summed E-state index contributed by atoms with van der Waals surface area (Å²) in [6.45, 7) is 4.80. The predicted octanol–water partition coefficient (Wildman–Crippen LogP) is 2.49. The second kappa shape index (κ2) is 8.88. The van der Waals surface area contributed by atoms with Crippen molar-refractivity contribution in [3.8, 4) is 11.3 Å². The van der Waals surface area contributed by atoms with Crippen molar-refractivity contribution in [1.29, 1.82) is 0 Å². The van der Waals surface area contributed by atoms with Crippen LogP contribution in [0.3, 0.4) is 0 Å². The largest absolute Gasteiger partial charge is 0.471 e. The van der Waals surface area contributed by atoms with Gasteiger partial charge < -0.3 is 20.1 Å². The van der Waals surface area contributed by atoms with Crippen LogP contribution in [0.25, 0.3) is 21.6 Å². The number of ether oxygens (including phenoxy) is 2. The third-order valence-electron chi connectivity index (χ3n) is 6.13. The van der Waals surface area contributed by atoms with E-state index in [0.717, 1.165) is 39.7 Å². The molecule has 6 rings (SSSR count). The van der Waals surface area contributed by atoms with Crippen molar-refractivity contribution < 1.29 is 14.3 Å². The number of amides is 1. The molecule has 36 heavy (non-hydrogen) atoms. The SMILES string of the molecule is Cc1cc(C2OC=C(C(N)=O)N2c2cc3sc(N4CCOCC4)nc3nc2-c2cnn(C)c2)ccn1. The van der Waals surface area contributed by atoms with Crippen LogP contribution in [0.5, 0.6) is 0 Å². The molecule has 0 bridgehead atoms. The third-order valence-corrected chi connectivity index (χ3v) is 7.18. The molecule has 1 unspecified atom stereocenters. The number of carbonyl (C=O) groups excluding carboxylic acids is 1. The second-order valence-corrected chi connectivity index (χ2v) is 9.64. The normalized spacial score (nSPS) is 17.9. The minimum Gasteiger partial charge on any atom is -0.471 e. The molecule has 2 aliphatic heterocycles. The highest BCUT2D eigenvalue weighted by Crippen LogP contribution is 2.43. The van der Waals surface area contributed by atoms with Crippen molar-refractivity contribution in [3.05, 3.63) is 60.0 Å². The molecule has 6 heterocycles. The van der Waals surface area contributed by atoms with Crippen molar-refractivity contribution in [2.75, 3.05) is 36.1 Å². The Morgan fingerprint density at radius 1 is 1.22 bits per heavy atom. The van der Waals surface area contributed by atoms with Gasteiger partial charge in [0, 0.05) is 49.4 Å². The summed E-state index contributed by atoms with van der Waals surface area (Å²) in [5.41, 5.74) is 10.4. The Morgan fingerprint density at radius 2 is 2.06 bits per heavy atom. The third kappa shape index (κ3) is 3.93. The lowest BCUT2D eigenvalue weighted by atomic mass is 10.1. The lowest BCUT2D eigenvalue weighted by molar-refractivity contribution is -0.114. The van der Waals surface area contributed by atoms with Gasteiger partial charge in [-0.25, -0.2) is 4.98 Å². The molecule has 2 N–H and O–H groups in total. The number of pyridine rings is 2. The van der Waals surface area contributed by atoms with Crippen molar-refractivity contribution in [1.82, 2.24) is 24.7 Å². The Morgan fingerprint density at radius 3 is 2.78 bits per heavy atom. The van der Waals surface area contributed by atoms with E-state index in [1.807, 2.05) is 38.4 Å². The van der Waals surface area contributed by atoms with E-state index in [-0.39, 0.29) is 5.70 Å². The fourth-order valence-electron chi connectivity index (χ4n) is 4.43. The highest BCUT2D eigenvalue weighted by molar-refractivity contribution is 7.22. The van der Waals surface area contributed by atoms with E-state index in [4.69, 9.17) is 25.2 Å². The van der Waals surface area contributed by atoms with Crippen LogP contribution >= 0.6 is 11.3 Å². The van der Waals surface area contributed by atoms with Crippen molar-refractivity contribution in [2.45, 2.75) is 13.2 Å². The summed E-state index contributed by atoms with van der Waals surface area (Å²) in [5.74, 6) is -0.598. The number of rotatable bonds is 5. The van der Waals surface area contributed by atoms with Gasteiger partial charge in [-0.2, -0.15) is 10.1 Å². The van der Waals surface area contributed by atoms with E-state index >= 15 is 0 Å². The number of nitrogens with two attached hydrogens (primary N) is 1. The number of aromatic nitrogens is 5. The van der Waals surface area contributed by atoms with Gasteiger partial charge in [0.25, 0.3) is 5.91 Å². The Bertz CT molecular complexity index is 1490. The van der Waals surface area contributed by atoms with Crippen LogP contribution in [-0.4, -0.2) is 56.9 Å². The van der Waals surface area contributed by atoms with E-state index in [1.54, 1.807) is 33.3 Å². The molecule has 0 radical (unpaired) electrons. The molecule has 1 atom stereocenters. The van der Waals surface area contributed by atoms with Crippen LogP contribution in [0.2, 0.25) is 0 Å². The molecule has 184 valence electrons. The Labute approximate surface area is 210 Å². The first-order valence-electron chi connectivity index (χ1n) is 11.5. The van der Waals surface area contributed by atoms with E-state index < -0.39 is 12.1 Å². The van der Waals surface area contributed by atoms with Gasteiger partial charge in [0.15, 0.2) is 10.8 Å². The summed E-state index contributed by atoms with van der Waals surface area (Å²) < 4.78 is 14.1. The van der Waals surface area contributed by atoms with Crippen LogP contribution in [0.4, 0.5) is 10.8 Å². The van der Waals surface area contributed by atoms with Crippen molar-refractivity contribution in [2.24, 2.45) is 12.8 Å². The summed E-state index contributed by atoms with van der Waals surface area (Å²) in [5, 5.41) is 5.22. The topological polar surface area (TPSA) is 125 Å². The summed E-state index contributed by atoms with van der Waals surface area (Å²) in [7, 11) is 1.84. The van der Waals surface area contributed by atoms with Crippen LogP contribution in [-0.2, 0) is 21.3 Å². The fourth-order valence-corrected chi connectivity index (χ4v) is 5.42. The lowest BCUT2D eigenvalue weighted by Gasteiger charge is -2.28. The first-order chi connectivity index (χ1) is 17.5. The molecule has 12 heteroatoms. The molecular weight excluding hydrogens is 480 g/mol. The van der Waals surface area contributed by atoms with Gasteiger partial charge in [0.1, 0.15) is 12.0 Å². The predicted molar refractivity (Wildman–Crippen MR) is 135 cm³/mol. The van der Waals surface area contributed by atoms with Gasteiger partial charge in [-0.15, -0.1) is 0 Å². The van der Waals surface area contributed by atoms with Gasteiger partial charge in [-0.1, -0.05) is 11.3 Å². The molecule has 0 aromatic carbocycles. The molecule has 1 fully saturated rings. The number of hydrogen-bond acceptors (Lipinski definition) is 10. The minimum absolute atomic E-state index is 0.235.